The molecule has 6 nitrogen and oxygen atoms in total. The zero-order valence-electron chi connectivity index (χ0n) is 16.9. The van der Waals surface area contributed by atoms with E-state index in [0.717, 1.165) is 18.6 Å². The normalized spacial score (nSPS) is 16.3. The molecule has 1 aliphatic rings. The lowest BCUT2D eigenvalue weighted by molar-refractivity contribution is 0.0628. The first-order valence-electron chi connectivity index (χ1n) is 10.3. The highest BCUT2D eigenvalue weighted by molar-refractivity contribution is 5.99. The number of hydrogen-bond donors (Lipinski definition) is 0. The molecule has 154 valence electrons. The lowest BCUT2D eigenvalue weighted by Crippen LogP contribution is -2.42. The molecule has 3 aromatic rings. The summed E-state index contributed by atoms with van der Waals surface area (Å²) >= 11 is 0. The predicted molar refractivity (Wildman–Crippen MR) is 112 cm³/mol. The first-order valence-corrected chi connectivity index (χ1v) is 10.3. The monoisotopic (exact) mass is 404 g/mol. The minimum atomic E-state index is -0.221. The molecule has 0 aliphatic carbocycles. The molecule has 2 heterocycles. The number of carbonyl (C=O) groups excluding carboxylic acids is 2. The molecule has 1 amide bonds. The molecule has 2 aromatic carbocycles. The Labute approximate surface area is 175 Å². The quantitative estimate of drug-likeness (QED) is 0.554. The third kappa shape index (κ3) is 4.43. The average molecular weight is 404 g/mol. The van der Waals surface area contributed by atoms with Gasteiger partial charge in [0, 0.05) is 37.1 Å². The minimum absolute atomic E-state index is 0.0492. The molecule has 0 N–H and O–H groups in total. The van der Waals surface area contributed by atoms with Crippen molar-refractivity contribution in [3.63, 3.8) is 0 Å². The summed E-state index contributed by atoms with van der Waals surface area (Å²) in [6.07, 6.45) is 2.24. The molecule has 4 rings (SSSR count). The Hall–Kier alpha value is -3.41. The van der Waals surface area contributed by atoms with Crippen molar-refractivity contribution in [2.75, 3.05) is 13.1 Å². The number of aromatic nitrogens is 1. The van der Waals surface area contributed by atoms with Gasteiger partial charge in [-0.05, 0) is 49.2 Å². The molecule has 0 bridgehead atoms. The molecule has 1 aliphatic heterocycles. The Bertz CT molecular complexity index is 1010. The largest absolute Gasteiger partial charge is 0.457 e. The van der Waals surface area contributed by atoms with Crippen molar-refractivity contribution in [3.8, 4) is 11.5 Å². The van der Waals surface area contributed by atoms with Gasteiger partial charge in [-0.2, -0.15) is 0 Å². The van der Waals surface area contributed by atoms with E-state index in [2.05, 4.69) is 5.16 Å². The molecular formula is C24H24N2O4. The second kappa shape index (κ2) is 8.95. The number of hydrogen-bond acceptors (Lipinski definition) is 5. The number of benzene rings is 2. The van der Waals surface area contributed by atoms with Gasteiger partial charge in [0.15, 0.2) is 11.5 Å². The number of likely N-dealkylation sites (tertiary alicyclic amines) is 1. The third-order valence-electron chi connectivity index (χ3n) is 5.32. The van der Waals surface area contributed by atoms with Gasteiger partial charge in [0.25, 0.3) is 5.91 Å². The summed E-state index contributed by atoms with van der Waals surface area (Å²) in [5.74, 6) is 1.76. The van der Waals surface area contributed by atoms with Crippen LogP contribution in [0.15, 0.2) is 65.2 Å². The second-order valence-corrected chi connectivity index (χ2v) is 7.43. The van der Waals surface area contributed by atoms with Crippen LogP contribution in [0.1, 0.15) is 46.4 Å². The smallest absolute Gasteiger partial charge is 0.276 e. The van der Waals surface area contributed by atoms with Crippen LogP contribution in [-0.4, -0.2) is 34.8 Å². The molecule has 1 fully saturated rings. The molecule has 0 unspecified atom stereocenters. The molecule has 0 radical (unpaired) electrons. The highest BCUT2D eigenvalue weighted by atomic mass is 16.5. The first kappa shape index (κ1) is 19.9. The molecule has 1 saturated heterocycles. The molecule has 0 saturated carbocycles. The van der Waals surface area contributed by atoms with Crippen molar-refractivity contribution in [3.05, 3.63) is 77.7 Å². The lowest BCUT2D eigenvalue weighted by Gasteiger charge is -2.31. The van der Waals surface area contributed by atoms with E-state index in [9.17, 15) is 9.59 Å². The van der Waals surface area contributed by atoms with Crippen LogP contribution in [0, 0.1) is 5.92 Å². The maximum atomic E-state index is 13.0. The molecular weight excluding hydrogens is 380 g/mol. The number of nitrogens with zero attached hydrogens (tertiary/aromatic N) is 2. The van der Waals surface area contributed by atoms with Gasteiger partial charge in [-0.25, -0.2) is 0 Å². The third-order valence-corrected chi connectivity index (χ3v) is 5.32. The number of piperidine rings is 1. The van der Waals surface area contributed by atoms with Crippen LogP contribution in [0.25, 0.3) is 0 Å². The number of Topliss-reactive ketones (excluding diaryl/α,β-unsaturated/α-hetero) is 1. The van der Waals surface area contributed by atoms with E-state index in [1.165, 1.54) is 0 Å². The fraction of sp³-hybridized carbons (Fsp3) is 0.292. The van der Waals surface area contributed by atoms with Gasteiger partial charge in [0.05, 0.1) is 0 Å². The van der Waals surface area contributed by atoms with Crippen molar-refractivity contribution < 1.29 is 18.8 Å². The van der Waals surface area contributed by atoms with E-state index in [0.29, 0.717) is 42.3 Å². The Morgan fingerprint density at radius 1 is 1.10 bits per heavy atom. The van der Waals surface area contributed by atoms with Crippen molar-refractivity contribution >= 4 is 11.7 Å². The van der Waals surface area contributed by atoms with E-state index < -0.39 is 0 Å². The van der Waals surface area contributed by atoms with Gasteiger partial charge >= 0.3 is 0 Å². The van der Waals surface area contributed by atoms with Crippen LogP contribution in [0.4, 0.5) is 0 Å². The fourth-order valence-electron chi connectivity index (χ4n) is 3.67. The maximum Gasteiger partial charge on any atom is 0.276 e. The number of ketones is 1. The van der Waals surface area contributed by atoms with Crippen LogP contribution < -0.4 is 4.74 Å². The van der Waals surface area contributed by atoms with Gasteiger partial charge in [0.2, 0.25) is 0 Å². The van der Waals surface area contributed by atoms with Crippen molar-refractivity contribution in [2.45, 2.75) is 26.2 Å². The van der Waals surface area contributed by atoms with E-state index in [4.69, 9.17) is 9.26 Å². The van der Waals surface area contributed by atoms with Crippen LogP contribution in [0.5, 0.6) is 11.5 Å². The van der Waals surface area contributed by atoms with Crippen molar-refractivity contribution in [1.29, 1.82) is 0 Å². The van der Waals surface area contributed by atoms with Gasteiger partial charge in [0.1, 0.15) is 17.3 Å². The van der Waals surface area contributed by atoms with E-state index >= 15 is 0 Å². The summed E-state index contributed by atoms with van der Waals surface area (Å²) in [5, 5.41) is 3.87. The molecule has 1 atom stereocenters. The van der Waals surface area contributed by atoms with Gasteiger partial charge in [-0.3, -0.25) is 9.59 Å². The first-order chi connectivity index (χ1) is 14.6. The van der Waals surface area contributed by atoms with Crippen LogP contribution in [0.3, 0.4) is 0 Å². The molecule has 30 heavy (non-hydrogen) atoms. The van der Waals surface area contributed by atoms with E-state index in [-0.39, 0.29) is 17.6 Å². The highest BCUT2D eigenvalue weighted by Gasteiger charge is 2.30. The second-order valence-electron chi connectivity index (χ2n) is 7.43. The van der Waals surface area contributed by atoms with Gasteiger partial charge < -0.3 is 14.2 Å². The Morgan fingerprint density at radius 2 is 1.83 bits per heavy atom. The Kier molecular flexibility index (Phi) is 5.93. The fourth-order valence-corrected chi connectivity index (χ4v) is 3.67. The number of rotatable bonds is 6. The summed E-state index contributed by atoms with van der Waals surface area (Å²) < 4.78 is 10.9. The molecule has 6 heteroatoms. The Morgan fingerprint density at radius 3 is 2.53 bits per heavy atom. The lowest BCUT2D eigenvalue weighted by atomic mass is 9.90. The highest BCUT2D eigenvalue weighted by Crippen LogP contribution is 2.25. The topological polar surface area (TPSA) is 72.6 Å². The number of ether oxygens (including phenoxy) is 1. The SMILES string of the molecule is CCc1cc(C(=O)N2CCC[C@@H](C(=O)c3ccc(Oc4ccccc4)cc3)C2)no1. The molecule has 1 aromatic heterocycles. The van der Waals surface area contributed by atoms with E-state index in [1.54, 1.807) is 35.2 Å². The van der Waals surface area contributed by atoms with Crippen LogP contribution in [0.2, 0.25) is 0 Å². The number of carbonyl (C=O) groups is 2. The predicted octanol–water partition coefficient (Wildman–Crippen LogP) is 4.76. The zero-order valence-corrected chi connectivity index (χ0v) is 16.9. The van der Waals surface area contributed by atoms with E-state index in [1.807, 2.05) is 37.3 Å². The number of para-hydroxylation sites is 1. The number of aryl methyl sites for hydroxylation is 1. The summed E-state index contributed by atoms with van der Waals surface area (Å²) in [4.78, 5) is 27.4. The summed E-state index contributed by atoms with van der Waals surface area (Å²) in [6, 6.07) is 18.4. The maximum absolute atomic E-state index is 13.0. The zero-order chi connectivity index (χ0) is 20.9. The summed E-state index contributed by atoms with van der Waals surface area (Å²) in [6.45, 7) is 2.97. The minimum Gasteiger partial charge on any atom is -0.457 e. The van der Waals surface area contributed by atoms with Gasteiger partial charge in [-0.1, -0.05) is 30.3 Å². The average Bonchev–Trinajstić information content (AvgIpc) is 3.29. The summed E-state index contributed by atoms with van der Waals surface area (Å²) in [7, 11) is 0. The van der Waals surface area contributed by atoms with Crippen molar-refractivity contribution in [1.82, 2.24) is 10.1 Å². The van der Waals surface area contributed by atoms with Crippen molar-refractivity contribution in [2.24, 2.45) is 5.92 Å². The molecule has 0 spiro atoms. The standard InChI is InChI=1S/C24H24N2O4/c1-2-19-15-22(25-30-19)24(28)26-14-6-7-18(16-26)23(27)17-10-12-21(13-11-17)29-20-8-4-3-5-9-20/h3-5,8-13,15,18H,2,6-7,14,16H2,1H3/t18-/m1/s1. The number of amides is 1. The Balaban J connectivity index is 1.40. The van der Waals surface area contributed by atoms with Crippen LogP contribution in [-0.2, 0) is 6.42 Å². The van der Waals surface area contributed by atoms with Gasteiger partial charge in [-0.15, -0.1) is 0 Å². The summed E-state index contributed by atoms with van der Waals surface area (Å²) in [5.41, 5.74) is 0.937. The van der Waals surface area contributed by atoms with Crippen LogP contribution >= 0.6 is 0 Å².